The number of nitrogens with one attached hydrogen (secondary N) is 1. The number of benzene rings is 1. The highest BCUT2D eigenvalue weighted by molar-refractivity contribution is 7.89. The van der Waals surface area contributed by atoms with Crippen LogP contribution in [0.25, 0.3) is 0 Å². The highest BCUT2D eigenvalue weighted by atomic mass is 32.2. The van der Waals surface area contributed by atoms with Gasteiger partial charge >= 0.3 is 0 Å². The van der Waals surface area contributed by atoms with Crippen LogP contribution in [0.3, 0.4) is 0 Å². The Morgan fingerprint density at radius 2 is 2.24 bits per heavy atom. The van der Waals surface area contributed by atoms with E-state index in [4.69, 9.17) is 0 Å². The van der Waals surface area contributed by atoms with Gasteiger partial charge in [0.2, 0.25) is 10.0 Å². The Morgan fingerprint density at radius 3 is 2.90 bits per heavy atom. The predicted molar refractivity (Wildman–Crippen MR) is 75.6 cm³/mol. The van der Waals surface area contributed by atoms with Crippen LogP contribution < -0.4 is 0 Å². The molecule has 1 aromatic carbocycles. The van der Waals surface area contributed by atoms with E-state index < -0.39 is 15.8 Å². The lowest BCUT2D eigenvalue weighted by Gasteiger charge is -2.22. The average molecular weight is 309 g/mol. The standard InChI is InChI=1S/C14H16FN3O2S/c1-10-9-16-14(17-10)13-6-3-7-18(13)21(19,20)12-5-2-4-11(15)8-12/h2,4-5,8-9,13H,3,6-7H2,1H3,(H,16,17)/t13-/m0/s1. The molecule has 5 nitrogen and oxygen atoms in total. The number of aryl methyl sites for hydroxylation is 1. The lowest BCUT2D eigenvalue weighted by Crippen LogP contribution is -2.31. The third-order valence-corrected chi connectivity index (χ3v) is 5.55. The van der Waals surface area contributed by atoms with Gasteiger partial charge in [-0.2, -0.15) is 4.31 Å². The summed E-state index contributed by atoms with van der Waals surface area (Å²) in [5.41, 5.74) is 0.889. The van der Waals surface area contributed by atoms with Gasteiger partial charge in [-0.15, -0.1) is 0 Å². The largest absolute Gasteiger partial charge is 0.345 e. The van der Waals surface area contributed by atoms with Crippen molar-refractivity contribution in [1.29, 1.82) is 0 Å². The van der Waals surface area contributed by atoms with Crippen LogP contribution in [0.1, 0.15) is 30.4 Å². The van der Waals surface area contributed by atoms with Crippen LogP contribution in [0.4, 0.5) is 4.39 Å². The number of H-pyrrole nitrogens is 1. The number of hydrogen-bond acceptors (Lipinski definition) is 3. The molecule has 3 rings (SSSR count). The van der Waals surface area contributed by atoms with Crippen LogP contribution in [-0.4, -0.2) is 29.2 Å². The fraction of sp³-hybridized carbons (Fsp3) is 0.357. The first-order valence-electron chi connectivity index (χ1n) is 6.77. The number of aromatic amines is 1. The highest BCUT2D eigenvalue weighted by Gasteiger charge is 2.37. The second-order valence-corrected chi connectivity index (χ2v) is 7.07. The molecule has 21 heavy (non-hydrogen) atoms. The molecule has 1 aliphatic rings. The van der Waals surface area contributed by atoms with Crippen molar-refractivity contribution < 1.29 is 12.8 Å². The number of rotatable bonds is 3. The zero-order chi connectivity index (χ0) is 15.0. The van der Waals surface area contributed by atoms with E-state index in [1.165, 1.54) is 22.5 Å². The van der Waals surface area contributed by atoms with Crippen molar-refractivity contribution in [3.8, 4) is 0 Å². The van der Waals surface area contributed by atoms with Crippen LogP contribution >= 0.6 is 0 Å². The first-order valence-corrected chi connectivity index (χ1v) is 8.21. The van der Waals surface area contributed by atoms with Gasteiger partial charge in [0, 0.05) is 18.4 Å². The van der Waals surface area contributed by atoms with Crippen LogP contribution in [0.2, 0.25) is 0 Å². The molecule has 1 aliphatic heterocycles. The zero-order valence-corrected chi connectivity index (χ0v) is 12.4. The molecule has 0 unspecified atom stereocenters. The summed E-state index contributed by atoms with van der Waals surface area (Å²) >= 11 is 0. The summed E-state index contributed by atoms with van der Waals surface area (Å²) in [4.78, 5) is 7.31. The Hall–Kier alpha value is -1.73. The molecule has 0 spiro atoms. The Kier molecular flexibility index (Phi) is 3.54. The molecule has 0 radical (unpaired) electrons. The monoisotopic (exact) mass is 309 g/mol. The first kappa shape index (κ1) is 14.2. The molecule has 0 amide bonds. The SMILES string of the molecule is Cc1cnc([C@@H]2CCCN2S(=O)(=O)c2cccc(F)c2)[nH]1. The van der Waals surface area contributed by atoms with Crippen LogP contribution in [0.15, 0.2) is 35.4 Å². The van der Waals surface area contributed by atoms with Crippen molar-refractivity contribution in [2.45, 2.75) is 30.7 Å². The summed E-state index contributed by atoms with van der Waals surface area (Å²) in [6.45, 7) is 2.29. The maximum Gasteiger partial charge on any atom is 0.243 e. The second kappa shape index (κ2) is 5.23. The maximum atomic E-state index is 13.3. The fourth-order valence-corrected chi connectivity index (χ4v) is 4.36. The minimum Gasteiger partial charge on any atom is -0.345 e. The van der Waals surface area contributed by atoms with Gasteiger partial charge in [0.15, 0.2) is 0 Å². The quantitative estimate of drug-likeness (QED) is 0.946. The second-order valence-electron chi connectivity index (χ2n) is 5.18. The minimum absolute atomic E-state index is 0.0160. The minimum atomic E-state index is -3.72. The van der Waals surface area contributed by atoms with E-state index in [1.54, 1.807) is 6.20 Å². The van der Waals surface area contributed by atoms with Crippen LogP contribution in [0, 0.1) is 12.7 Å². The van der Waals surface area contributed by atoms with Crippen molar-refractivity contribution >= 4 is 10.0 Å². The summed E-state index contributed by atoms with van der Waals surface area (Å²) in [6, 6.07) is 4.80. The Balaban J connectivity index is 1.98. The van der Waals surface area contributed by atoms with E-state index in [2.05, 4.69) is 9.97 Å². The Labute approximate surface area is 122 Å². The lowest BCUT2D eigenvalue weighted by molar-refractivity contribution is 0.384. The van der Waals surface area contributed by atoms with Gasteiger partial charge < -0.3 is 4.98 Å². The number of sulfonamides is 1. The molecule has 2 heterocycles. The first-order chi connectivity index (χ1) is 9.98. The predicted octanol–water partition coefficient (Wildman–Crippen LogP) is 2.38. The van der Waals surface area contributed by atoms with Crippen molar-refractivity contribution in [2.75, 3.05) is 6.54 Å². The zero-order valence-electron chi connectivity index (χ0n) is 11.6. The molecule has 2 aromatic rings. The summed E-state index contributed by atoms with van der Waals surface area (Å²) in [6.07, 6.45) is 3.15. The molecule has 112 valence electrons. The van der Waals surface area contributed by atoms with Gasteiger partial charge in [-0.25, -0.2) is 17.8 Å². The average Bonchev–Trinajstić information content (AvgIpc) is 3.07. The van der Waals surface area contributed by atoms with Crippen LogP contribution in [0.5, 0.6) is 0 Å². The molecule has 1 atom stereocenters. The topological polar surface area (TPSA) is 66.1 Å². The number of nitrogens with zero attached hydrogens (tertiary/aromatic N) is 2. The number of halogens is 1. The van der Waals surface area contributed by atoms with Gasteiger partial charge in [-0.05, 0) is 38.0 Å². The van der Waals surface area contributed by atoms with Crippen molar-refractivity contribution in [1.82, 2.24) is 14.3 Å². The van der Waals surface area contributed by atoms with E-state index in [9.17, 15) is 12.8 Å². The number of imidazole rings is 1. The molecule has 7 heteroatoms. The van der Waals surface area contributed by atoms with E-state index in [-0.39, 0.29) is 10.9 Å². The normalized spacial score (nSPS) is 20.0. The molecule has 0 saturated carbocycles. The number of aromatic nitrogens is 2. The third-order valence-electron chi connectivity index (χ3n) is 3.64. The van der Waals surface area contributed by atoms with E-state index in [0.29, 0.717) is 18.8 Å². The van der Waals surface area contributed by atoms with Crippen molar-refractivity contribution in [3.63, 3.8) is 0 Å². The van der Waals surface area contributed by atoms with E-state index in [0.717, 1.165) is 18.2 Å². The van der Waals surface area contributed by atoms with Gasteiger partial charge in [0.25, 0.3) is 0 Å². The Morgan fingerprint density at radius 1 is 1.43 bits per heavy atom. The Bertz CT molecular complexity index is 757. The highest BCUT2D eigenvalue weighted by Crippen LogP contribution is 2.35. The summed E-state index contributed by atoms with van der Waals surface area (Å²) in [5, 5.41) is 0. The molecule has 0 bridgehead atoms. The molecule has 1 saturated heterocycles. The lowest BCUT2D eigenvalue weighted by atomic mass is 10.2. The number of hydrogen-bond donors (Lipinski definition) is 1. The molecule has 1 N–H and O–H groups in total. The molecule has 0 aliphatic carbocycles. The molecule has 1 fully saturated rings. The summed E-state index contributed by atoms with van der Waals surface area (Å²) < 4.78 is 40.1. The molecular formula is C14H16FN3O2S. The molecular weight excluding hydrogens is 293 g/mol. The summed E-state index contributed by atoms with van der Waals surface area (Å²) in [5.74, 6) is 0.0886. The maximum absolute atomic E-state index is 13.3. The fourth-order valence-electron chi connectivity index (χ4n) is 2.67. The van der Waals surface area contributed by atoms with E-state index in [1.807, 2.05) is 6.92 Å². The third kappa shape index (κ3) is 2.58. The van der Waals surface area contributed by atoms with Gasteiger partial charge in [0.05, 0.1) is 10.9 Å². The van der Waals surface area contributed by atoms with Gasteiger partial charge in [-0.1, -0.05) is 6.07 Å². The van der Waals surface area contributed by atoms with Gasteiger partial charge in [0.1, 0.15) is 11.6 Å². The van der Waals surface area contributed by atoms with Crippen LogP contribution in [-0.2, 0) is 10.0 Å². The summed E-state index contributed by atoms with van der Waals surface area (Å²) in [7, 11) is -3.72. The van der Waals surface area contributed by atoms with Crippen molar-refractivity contribution in [3.05, 3.63) is 47.8 Å². The molecule has 1 aromatic heterocycles. The van der Waals surface area contributed by atoms with Gasteiger partial charge in [-0.3, -0.25) is 0 Å². The van der Waals surface area contributed by atoms with E-state index >= 15 is 0 Å². The van der Waals surface area contributed by atoms with Crippen molar-refractivity contribution in [2.24, 2.45) is 0 Å². The smallest absolute Gasteiger partial charge is 0.243 e.